The number of carbonyl (C=O) groups is 2. The molecular weight excluding hydrogens is 266 g/mol. The van der Waals surface area contributed by atoms with Crippen molar-refractivity contribution in [3.63, 3.8) is 0 Å². The van der Waals surface area contributed by atoms with Crippen LogP contribution in [0.25, 0.3) is 0 Å². The lowest BCUT2D eigenvalue weighted by Crippen LogP contribution is -2.58. The van der Waals surface area contributed by atoms with Gasteiger partial charge in [-0.1, -0.05) is 25.2 Å². The number of amides is 3. The Balaban J connectivity index is 1.80. The molecule has 0 aromatic heterocycles. The summed E-state index contributed by atoms with van der Waals surface area (Å²) in [5, 5.41) is 8.88. The van der Waals surface area contributed by atoms with Gasteiger partial charge < -0.3 is 10.6 Å². The molecule has 0 atom stereocenters. The van der Waals surface area contributed by atoms with Gasteiger partial charge in [-0.3, -0.25) is 10.1 Å². The van der Waals surface area contributed by atoms with Crippen LogP contribution >= 0.6 is 0 Å². The fourth-order valence-corrected chi connectivity index (χ4v) is 3.93. The average molecular weight is 289 g/mol. The summed E-state index contributed by atoms with van der Waals surface area (Å²) in [6, 6.07) is -0.351. The van der Waals surface area contributed by atoms with Crippen molar-refractivity contribution in [1.29, 1.82) is 0 Å². The quantitative estimate of drug-likeness (QED) is 0.693. The summed E-state index contributed by atoms with van der Waals surface area (Å²) in [6.45, 7) is 3.03. The van der Waals surface area contributed by atoms with Crippen molar-refractivity contribution in [3.8, 4) is 0 Å². The lowest BCUT2D eigenvalue weighted by Gasteiger charge is -2.46. The number of hydrogen-bond acceptors (Lipinski definition) is 3. The molecule has 5 nitrogen and oxygen atoms in total. The first kappa shape index (κ1) is 14.3. The lowest BCUT2D eigenvalue weighted by molar-refractivity contribution is -0.125. The van der Waals surface area contributed by atoms with Gasteiger partial charge in [-0.25, -0.2) is 4.79 Å². The van der Waals surface area contributed by atoms with E-state index >= 15 is 0 Å². The second kappa shape index (κ2) is 5.30. The fraction of sp³-hybridized carbons (Fsp3) is 0.625. The highest BCUT2D eigenvalue weighted by atomic mass is 16.2. The molecular formula is C16H23N3O2. The van der Waals surface area contributed by atoms with Gasteiger partial charge >= 0.3 is 6.03 Å². The zero-order valence-corrected chi connectivity index (χ0v) is 12.5. The van der Waals surface area contributed by atoms with E-state index in [1.165, 1.54) is 5.57 Å². The lowest BCUT2D eigenvalue weighted by atomic mass is 9.67. The monoisotopic (exact) mass is 289 g/mol. The second-order valence-corrected chi connectivity index (χ2v) is 6.26. The Hall–Kier alpha value is -1.62. The zero-order valence-electron chi connectivity index (χ0n) is 12.5. The normalized spacial score (nSPS) is 35.6. The highest BCUT2D eigenvalue weighted by Gasteiger charge is 2.52. The van der Waals surface area contributed by atoms with Crippen LogP contribution in [0, 0.1) is 0 Å². The summed E-state index contributed by atoms with van der Waals surface area (Å²) >= 11 is 0. The minimum atomic E-state index is -0.679. The highest BCUT2D eigenvalue weighted by molar-refractivity contribution is 6.07. The van der Waals surface area contributed by atoms with Crippen LogP contribution in [0.4, 0.5) is 4.79 Å². The Morgan fingerprint density at radius 2 is 2.00 bits per heavy atom. The topological polar surface area (TPSA) is 70.2 Å². The summed E-state index contributed by atoms with van der Waals surface area (Å²) in [6.07, 6.45) is 11.9. The molecule has 5 heteroatoms. The molecule has 21 heavy (non-hydrogen) atoms. The molecule has 3 aliphatic rings. The van der Waals surface area contributed by atoms with E-state index in [1.807, 2.05) is 0 Å². The van der Waals surface area contributed by atoms with Gasteiger partial charge in [0.05, 0.1) is 0 Å². The van der Waals surface area contributed by atoms with Crippen molar-refractivity contribution in [3.05, 3.63) is 23.8 Å². The molecule has 2 aliphatic carbocycles. The number of imide groups is 1. The van der Waals surface area contributed by atoms with Gasteiger partial charge in [-0.15, -0.1) is 0 Å². The van der Waals surface area contributed by atoms with E-state index in [1.54, 1.807) is 0 Å². The third-order valence-electron chi connectivity index (χ3n) is 5.12. The van der Waals surface area contributed by atoms with E-state index in [0.717, 1.165) is 32.2 Å². The predicted molar refractivity (Wildman–Crippen MR) is 80.7 cm³/mol. The minimum Gasteiger partial charge on any atom is -0.323 e. The van der Waals surface area contributed by atoms with Gasteiger partial charge in [-0.05, 0) is 50.6 Å². The summed E-state index contributed by atoms with van der Waals surface area (Å²) in [5.74, 6) is -0.157. The Kier molecular flexibility index (Phi) is 3.61. The standard InChI is InChI=1S/C16H23N3O2/c1-2-17-15(12-6-4-3-5-7-12)8-10-16(11-9-15)13(20)18-14(21)19-16/h3-4,6,17H,2,5,7-11H2,1H3,(H2,18,19,20,21)/t15-,16+. The maximum Gasteiger partial charge on any atom is 0.322 e. The number of carbonyl (C=O) groups excluding carboxylic acids is 2. The van der Waals surface area contributed by atoms with Gasteiger partial charge in [0.25, 0.3) is 5.91 Å². The van der Waals surface area contributed by atoms with Crippen LogP contribution in [0.1, 0.15) is 45.4 Å². The number of nitrogens with one attached hydrogen (secondary N) is 3. The van der Waals surface area contributed by atoms with Crippen LogP contribution in [0.15, 0.2) is 23.8 Å². The SMILES string of the molecule is CCN[C@]1(C2=CC=CCC2)CC[C@@]2(CC1)NC(=O)NC2=O. The number of hydrogen-bond donors (Lipinski definition) is 3. The van der Waals surface area contributed by atoms with Crippen molar-refractivity contribution in [2.24, 2.45) is 0 Å². The van der Waals surface area contributed by atoms with Crippen molar-refractivity contribution < 1.29 is 9.59 Å². The Morgan fingerprint density at radius 3 is 2.52 bits per heavy atom. The van der Waals surface area contributed by atoms with Gasteiger partial charge in [0.1, 0.15) is 5.54 Å². The van der Waals surface area contributed by atoms with Gasteiger partial charge in [0.15, 0.2) is 0 Å². The third kappa shape index (κ3) is 2.39. The molecule has 3 rings (SSSR count). The van der Waals surface area contributed by atoms with E-state index in [0.29, 0.717) is 12.8 Å². The van der Waals surface area contributed by atoms with Crippen molar-refractivity contribution in [1.82, 2.24) is 16.0 Å². The van der Waals surface area contributed by atoms with Crippen molar-refractivity contribution in [2.45, 2.75) is 56.5 Å². The number of urea groups is 1. The summed E-state index contributed by atoms with van der Waals surface area (Å²) in [4.78, 5) is 23.5. The molecule has 3 N–H and O–H groups in total. The van der Waals surface area contributed by atoms with E-state index in [9.17, 15) is 9.59 Å². The molecule has 1 saturated heterocycles. The molecule has 1 saturated carbocycles. The molecule has 0 aromatic carbocycles. The number of rotatable bonds is 3. The van der Waals surface area contributed by atoms with Gasteiger partial charge in [0.2, 0.25) is 0 Å². The third-order valence-corrected chi connectivity index (χ3v) is 5.12. The smallest absolute Gasteiger partial charge is 0.322 e. The molecule has 1 spiro atoms. The summed E-state index contributed by atoms with van der Waals surface area (Å²) < 4.78 is 0. The molecule has 3 amide bonds. The van der Waals surface area contributed by atoms with Gasteiger partial charge in [-0.2, -0.15) is 0 Å². The number of likely N-dealkylation sites (N-methyl/N-ethyl adjacent to an activating group) is 1. The summed E-state index contributed by atoms with van der Waals surface area (Å²) in [7, 11) is 0. The molecule has 114 valence electrons. The minimum absolute atomic E-state index is 0.0155. The molecule has 1 aliphatic heterocycles. The van der Waals surface area contributed by atoms with E-state index in [-0.39, 0.29) is 17.5 Å². The average Bonchev–Trinajstić information content (AvgIpc) is 2.77. The first-order chi connectivity index (χ1) is 10.1. The molecule has 1 heterocycles. The van der Waals surface area contributed by atoms with Crippen LogP contribution in [0.2, 0.25) is 0 Å². The maximum absolute atomic E-state index is 12.1. The van der Waals surface area contributed by atoms with Crippen LogP contribution in [-0.4, -0.2) is 29.6 Å². The fourth-order valence-electron chi connectivity index (χ4n) is 3.93. The Bertz CT molecular complexity index is 514. The van der Waals surface area contributed by atoms with Crippen LogP contribution in [-0.2, 0) is 4.79 Å². The summed E-state index contributed by atoms with van der Waals surface area (Å²) in [5.41, 5.74) is 0.741. The van der Waals surface area contributed by atoms with E-state index in [2.05, 4.69) is 41.1 Å². The van der Waals surface area contributed by atoms with E-state index in [4.69, 9.17) is 0 Å². The zero-order chi connectivity index (χ0) is 14.9. The molecule has 0 unspecified atom stereocenters. The maximum atomic E-state index is 12.1. The van der Waals surface area contributed by atoms with Crippen LogP contribution < -0.4 is 16.0 Å². The Morgan fingerprint density at radius 1 is 1.24 bits per heavy atom. The van der Waals surface area contributed by atoms with Crippen LogP contribution in [0.5, 0.6) is 0 Å². The predicted octanol–water partition coefficient (Wildman–Crippen LogP) is 1.76. The first-order valence-electron chi connectivity index (χ1n) is 7.85. The number of allylic oxidation sites excluding steroid dienone is 3. The first-order valence-corrected chi connectivity index (χ1v) is 7.85. The van der Waals surface area contributed by atoms with E-state index < -0.39 is 5.54 Å². The van der Waals surface area contributed by atoms with Gasteiger partial charge in [0, 0.05) is 5.54 Å². The Labute approximate surface area is 125 Å². The second-order valence-electron chi connectivity index (χ2n) is 6.26. The van der Waals surface area contributed by atoms with Crippen molar-refractivity contribution >= 4 is 11.9 Å². The largest absolute Gasteiger partial charge is 0.323 e. The van der Waals surface area contributed by atoms with Crippen molar-refractivity contribution in [2.75, 3.05) is 6.54 Å². The molecule has 0 bridgehead atoms. The highest BCUT2D eigenvalue weighted by Crippen LogP contribution is 2.42. The molecule has 0 radical (unpaired) electrons. The molecule has 0 aromatic rings. The van der Waals surface area contributed by atoms with Crippen LogP contribution in [0.3, 0.4) is 0 Å². The molecule has 2 fully saturated rings.